The molecule has 1 aromatic carbocycles. The van der Waals surface area contributed by atoms with Crippen LogP contribution in [0.4, 0.5) is 0 Å². The smallest absolute Gasteiger partial charge is 0.240 e. The van der Waals surface area contributed by atoms with E-state index < -0.39 is 0 Å². The van der Waals surface area contributed by atoms with E-state index in [1.165, 1.54) is 5.56 Å². The van der Waals surface area contributed by atoms with Crippen molar-refractivity contribution in [2.75, 3.05) is 6.61 Å². The summed E-state index contributed by atoms with van der Waals surface area (Å²) in [7, 11) is 0. The molecular weight excluding hydrogens is 302 g/mol. The van der Waals surface area contributed by atoms with Crippen molar-refractivity contribution in [2.45, 2.75) is 38.5 Å². The summed E-state index contributed by atoms with van der Waals surface area (Å²) in [6.07, 6.45) is 5.87. The van der Waals surface area contributed by atoms with E-state index in [1.54, 1.807) is 6.20 Å². The first-order chi connectivity index (χ1) is 11.7. The van der Waals surface area contributed by atoms with Gasteiger partial charge in [0.2, 0.25) is 5.91 Å². The number of nitrogens with one attached hydrogen (secondary N) is 1. The Morgan fingerprint density at radius 3 is 2.96 bits per heavy atom. The number of rotatable bonds is 5. The summed E-state index contributed by atoms with van der Waals surface area (Å²) in [6.45, 7) is 3.06. The predicted octanol–water partition coefficient (Wildman–Crippen LogP) is 1.95. The Bertz CT molecular complexity index is 712. The number of amides is 1. The number of aromatic nitrogens is 2. The Hall–Kier alpha value is -2.14. The van der Waals surface area contributed by atoms with Crippen molar-refractivity contribution in [3.63, 3.8) is 0 Å². The molecule has 2 heterocycles. The van der Waals surface area contributed by atoms with Gasteiger partial charge in [0.05, 0.1) is 6.10 Å². The van der Waals surface area contributed by atoms with Gasteiger partial charge in [0.1, 0.15) is 12.4 Å². The number of benzene rings is 1. The van der Waals surface area contributed by atoms with Gasteiger partial charge in [-0.3, -0.25) is 4.79 Å². The van der Waals surface area contributed by atoms with E-state index in [9.17, 15) is 4.79 Å². The molecule has 1 N–H and O–H groups in total. The molecule has 1 aromatic heterocycles. The van der Waals surface area contributed by atoms with Gasteiger partial charge < -0.3 is 14.6 Å². The monoisotopic (exact) mass is 325 g/mol. The molecular formula is C19H23N3O2. The molecule has 0 spiro atoms. The maximum atomic E-state index is 12.5. The second-order valence-corrected chi connectivity index (χ2v) is 6.84. The molecule has 126 valence electrons. The van der Waals surface area contributed by atoms with Gasteiger partial charge in [-0.25, -0.2) is 4.98 Å². The summed E-state index contributed by atoms with van der Waals surface area (Å²) < 4.78 is 7.78. The third-order valence-corrected chi connectivity index (χ3v) is 5.41. The molecule has 1 amide bonds. The van der Waals surface area contributed by atoms with Gasteiger partial charge >= 0.3 is 0 Å². The van der Waals surface area contributed by atoms with Crippen LogP contribution in [0.15, 0.2) is 42.7 Å². The second kappa shape index (κ2) is 6.40. The molecule has 1 aliphatic carbocycles. The normalized spacial score (nSPS) is 28.2. The predicted molar refractivity (Wildman–Crippen MR) is 90.4 cm³/mol. The van der Waals surface area contributed by atoms with Gasteiger partial charge in [-0.1, -0.05) is 30.3 Å². The molecule has 1 saturated heterocycles. The summed E-state index contributed by atoms with van der Waals surface area (Å²) in [5.74, 6) is 1.76. The van der Waals surface area contributed by atoms with E-state index in [-0.39, 0.29) is 11.9 Å². The highest BCUT2D eigenvalue weighted by molar-refractivity contribution is 5.76. The Balaban J connectivity index is 1.42. The highest BCUT2D eigenvalue weighted by atomic mass is 16.5. The van der Waals surface area contributed by atoms with E-state index >= 15 is 0 Å². The number of carbonyl (C=O) groups is 1. The molecule has 2 fully saturated rings. The number of nitrogens with zero attached hydrogens (tertiary/aromatic N) is 2. The van der Waals surface area contributed by atoms with Crippen molar-refractivity contribution in [3.05, 3.63) is 54.1 Å². The number of fused-ring (bicyclic) bond motifs is 1. The lowest BCUT2D eigenvalue weighted by Gasteiger charge is -2.48. The number of aryl methyl sites for hydroxylation is 1. The minimum absolute atomic E-state index is 0.0597. The van der Waals surface area contributed by atoms with Crippen LogP contribution in [0.2, 0.25) is 0 Å². The zero-order valence-corrected chi connectivity index (χ0v) is 13.9. The average molecular weight is 325 g/mol. The molecule has 0 bridgehead atoms. The number of hydrogen-bond donors (Lipinski definition) is 1. The zero-order chi connectivity index (χ0) is 16.5. The Morgan fingerprint density at radius 2 is 2.21 bits per heavy atom. The van der Waals surface area contributed by atoms with Crippen LogP contribution in [0.3, 0.4) is 0 Å². The average Bonchev–Trinajstić information content (AvgIpc) is 3.19. The quantitative estimate of drug-likeness (QED) is 0.914. The van der Waals surface area contributed by atoms with Crippen LogP contribution in [-0.2, 0) is 22.5 Å². The van der Waals surface area contributed by atoms with Crippen LogP contribution in [0, 0.1) is 18.8 Å². The number of carbonyl (C=O) groups excluding carboxylic acids is 1. The largest absolute Gasteiger partial charge is 0.377 e. The third kappa shape index (κ3) is 2.84. The lowest BCUT2D eigenvalue weighted by molar-refractivity contribution is -0.127. The summed E-state index contributed by atoms with van der Waals surface area (Å²) in [4.78, 5) is 16.6. The van der Waals surface area contributed by atoms with E-state index in [0.29, 0.717) is 24.5 Å². The van der Waals surface area contributed by atoms with E-state index in [1.807, 2.05) is 23.8 Å². The van der Waals surface area contributed by atoms with Crippen molar-refractivity contribution in [1.82, 2.24) is 14.9 Å². The fourth-order valence-electron chi connectivity index (χ4n) is 4.13. The lowest BCUT2D eigenvalue weighted by atomic mass is 9.64. The fraction of sp³-hybridized carbons (Fsp3) is 0.474. The zero-order valence-electron chi connectivity index (χ0n) is 13.9. The third-order valence-electron chi connectivity index (χ3n) is 5.41. The molecule has 1 saturated carbocycles. The lowest BCUT2D eigenvalue weighted by Crippen LogP contribution is -2.62. The van der Waals surface area contributed by atoms with Crippen LogP contribution < -0.4 is 5.32 Å². The van der Waals surface area contributed by atoms with Gasteiger partial charge in [0, 0.05) is 36.9 Å². The van der Waals surface area contributed by atoms with Gasteiger partial charge in [-0.15, -0.1) is 0 Å². The first-order valence-corrected chi connectivity index (χ1v) is 8.65. The van der Waals surface area contributed by atoms with Crippen molar-refractivity contribution < 1.29 is 9.53 Å². The van der Waals surface area contributed by atoms with Crippen molar-refractivity contribution in [2.24, 2.45) is 11.8 Å². The van der Waals surface area contributed by atoms with Crippen LogP contribution in [-0.4, -0.2) is 34.2 Å². The minimum Gasteiger partial charge on any atom is -0.377 e. The van der Waals surface area contributed by atoms with Gasteiger partial charge in [-0.05, 0) is 25.3 Å². The molecule has 0 unspecified atom stereocenters. The standard InChI is InChI=1S/C19H23N3O2/c1-13-20-8-9-22(13)12-17(23)21-18-15-7-10-24-19(15)16(18)11-14-5-3-2-4-6-14/h2-6,8-9,15-16,18-19H,7,10-12H2,1H3,(H,21,23)/t15-,16+,18-,19-/m0/s1. The van der Waals surface area contributed by atoms with Crippen LogP contribution >= 0.6 is 0 Å². The Kier molecular flexibility index (Phi) is 4.10. The van der Waals surface area contributed by atoms with Crippen LogP contribution in [0.25, 0.3) is 0 Å². The Labute approximate surface area is 142 Å². The molecule has 24 heavy (non-hydrogen) atoms. The van der Waals surface area contributed by atoms with E-state index in [4.69, 9.17) is 4.74 Å². The van der Waals surface area contributed by atoms with Gasteiger partial charge in [0.25, 0.3) is 0 Å². The van der Waals surface area contributed by atoms with E-state index in [0.717, 1.165) is 25.3 Å². The molecule has 2 aromatic rings. The first-order valence-electron chi connectivity index (χ1n) is 8.65. The molecule has 4 atom stereocenters. The van der Waals surface area contributed by atoms with Gasteiger partial charge in [0.15, 0.2) is 0 Å². The van der Waals surface area contributed by atoms with Crippen LogP contribution in [0.1, 0.15) is 17.8 Å². The SMILES string of the molecule is Cc1nccn1CC(=O)N[C@@H]1[C@@H](Cc2ccccc2)[C@H]2OCC[C@@H]12. The van der Waals surface area contributed by atoms with Crippen molar-refractivity contribution in [3.8, 4) is 0 Å². The highest BCUT2D eigenvalue weighted by Crippen LogP contribution is 2.45. The molecule has 0 radical (unpaired) electrons. The topological polar surface area (TPSA) is 56.2 Å². The van der Waals surface area contributed by atoms with Crippen molar-refractivity contribution in [1.29, 1.82) is 0 Å². The van der Waals surface area contributed by atoms with E-state index in [2.05, 4.69) is 34.6 Å². The summed E-state index contributed by atoms with van der Waals surface area (Å²) in [6, 6.07) is 10.7. The van der Waals surface area contributed by atoms with Crippen LogP contribution in [0.5, 0.6) is 0 Å². The summed E-state index contributed by atoms with van der Waals surface area (Å²) in [5, 5.41) is 3.26. The summed E-state index contributed by atoms with van der Waals surface area (Å²) in [5.41, 5.74) is 1.31. The summed E-state index contributed by atoms with van der Waals surface area (Å²) >= 11 is 0. The number of ether oxygens (including phenoxy) is 1. The maximum absolute atomic E-state index is 12.5. The van der Waals surface area contributed by atoms with Gasteiger partial charge in [-0.2, -0.15) is 0 Å². The molecule has 5 heteroatoms. The minimum atomic E-state index is 0.0597. The molecule has 5 nitrogen and oxygen atoms in total. The van der Waals surface area contributed by atoms with Crippen molar-refractivity contribution >= 4 is 5.91 Å². The number of imidazole rings is 1. The molecule has 2 aliphatic rings. The first kappa shape index (κ1) is 15.4. The molecule has 4 rings (SSSR count). The maximum Gasteiger partial charge on any atom is 0.240 e. The fourth-order valence-corrected chi connectivity index (χ4v) is 4.13. The number of hydrogen-bond acceptors (Lipinski definition) is 3. The molecule has 1 aliphatic heterocycles. The Morgan fingerprint density at radius 1 is 1.38 bits per heavy atom. The second-order valence-electron chi connectivity index (χ2n) is 6.84. The highest BCUT2D eigenvalue weighted by Gasteiger charge is 2.53.